The summed E-state index contributed by atoms with van der Waals surface area (Å²) in [6.07, 6.45) is 2.61. The Hall–Kier alpha value is -0.420. The van der Waals surface area contributed by atoms with Crippen molar-refractivity contribution in [3.05, 3.63) is 22.4 Å². The highest BCUT2D eigenvalue weighted by Crippen LogP contribution is 2.17. The molecule has 2 rings (SSSR count). The highest BCUT2D eigenvalue weighted by atomic mass is 32.1. The Kier molecular flexibility index (Phi) is 5.82. The maximum absolute atomic E-state index is 5.98. The van der Waals surface area contributed by atoms with Crippen molar-refractivity contribution in [3.63, 3.8) is 0 Å². The normalized spacial score (nSPS) is 22.8. The van der Waals surface area contributed by atoms with E-state index in [1.54, 1.807) is 0 Å². The quantitative estimate of drug-likeness (QED) is 0.867. The maximum Gasteiger partial charge on any atom is 0.0855 e. The Bertz CT molecular complexity index is 353. The van der Waals surface area contributed by atoms with E-state index in [9.17, 15) is 0 Å². The first kappa shape index (κ1) is 15.0. The zero-order valence-corrected chi connectivity index (χ0v) is 13.1. The molecule has 2 unspecified atom stereocenters. The molecule has 3 nitrogen and oxygen atoms in total. The molecule has 0 bridgehead atoms. The third-order valence-electron chi connectivity index (χ3n) is 3.96. The number of rotatable bonds is 6. The van der Waals surface area contributed by atoms with Crippen molar-refractivity contribution in [2.75, 3.05) is 26.7 Å². The van der Waals surface area contributed by atoms with Gasteiger partial charge in [0, 0.05) is 30.1 Å². The van der Waals surface area contributed by atoms with Gasteiger partial charge in [-0.25, -0.2) is 0 Å². The van der Waals surface area contributed by atoms with Gasteiger partial charge in [-0.05, 0) is 45.2 Å². The summed E-state index contributed by atoms with van der Waals surface area (Å²) < 4.78 is 5.98. The van der Waals surface area contributed by atoms with Crippen LogP contribution in [0.15, 0.2) is 17.5 Å². The fourth-order valence-corrected chi connectivity index (χ4v) is 3.40. The van der Waals surface area contributed by atoms with E-state index >= 15 is 0 Å². The molecular weight excluding hydrogens is 256 g/mol. The fourth-order valence-electron chi connectivity index (χ4n) is 2.68. The highest BCUT2D eigenvalue weighted by molar-refractivity contribution is 7.09. The van der Waals surface area contributed by atoms with E-state index in [1.807, 2.05) is 11.3 Å². The minimum absolute atomic E-state index is 0.320. The molecule has 19 heavy (non-hydrogen) atoms. The summed E-state index contributed by atoms with van der Waals surface area (Å²) >= 11 is 1.85. The van der Waals surface area contributed by atoms with E-state index in [-0.39, 0.29) is 0 Å². The van der Waals surface area contributed by atoms with Crippen molar-refractivity contribution in [1.82, 2.24) is 10.2 Å². The molecule has 0 spiro atoms. The highest BCUT2D eigenvalue weighted by Gasteiger charge is 2.28. The van der Waals surface area contributed by atoms with Gasteiger partial charge in [-0.3, -0.25) is 4.90 Å². The second kappa shape index (κ2) is 7.39. The Morgan fingerprint density at radius 2 is 2.37 bits per heavy atom. The second-order valence-electron chi connectivity index (χ2n) is 5.51. The number of nitrogens with one attached hydrogen (secondary N) is 1. The molecule has 4 heteroatoms. The number of morpholine rings is 1. The molecule has 1 aliphatic heterocycles. The number of likely N-dealkylation sites (N-methyl/N-ethyl adjacent to an activating group) is 1. The van der Waals surface area contributed by atoms with Gasteiger partial charge in [0.2, 0.25) is 0 Å². The van der Waals surface area contributed by atoms with Gasteiger partial charge in [0.25, 0.3) is 0 Å². The van der Waals surface area contributed by atoms with Gasteiger partial charge in [0.15, 0.2) is 0 Å². The predicted octanol–water partition coefficient (Wildman–Crippen LogP) is 2.38. The van der Waals surface area contributed by atoms with E-state index < -0.39 is 0 Å². The third-order valence-corrected chi connectivity index (χ3v) is 4.89. The van der Waals surface area contributed by atoms with E-state index in [0.29, 0.717) is 18.2 Å². The minimum atomic E-state index is 0.320. The number of aryl methyl sites for hydroxylation is 1. The molecular formula is C15H26N2OS. The third kappa shape index (κ3) is 4.28. The number of thiophene rings is 1. The van der Waals surface area contributed by atoms with Crippen molar-refractivity contribution in [2.45, 2.75) is 44.9 Å². The summed E-state index contributed by atoms with van der Waals surface area (Å²) in [5.41, 5.74) is 0. The summed E-state index contributed by atoms with van der Waals surface area (Å²) in [7, 11) is 2.05. The van der Waals surface area contributed by atoms with Crippen LogP contribution in [0.1, 0.15) is 25.1 Å². The van der Waals surface area contributed by atoms with Gasteiger partial charge in [0.05, 0.1) is 12.7 Å². The molecule has 0 radical (unpaired) electrons. The van der Waals surface area contributed by atoms with Crippen LogP contribution in [0, 0.1) is 0 Å². The zero-order chi connectivity index (χ0) is 13.7. The molecule has 1 aromatic rings. The van der Waals surface area contributed by atoms with Crippen LogP contribution < -0.4 is 5.32 Å². The molecule has 0 amide bonds. The standard InChI is InChI=1S/C15H26N2OS/c1-12(2)17-8-9-18-15(11-17)14(16-3)7-6-13-5-4-10-19-13/h4-5,10,12,14-16H,6-9,11H2,1-3H3. The molecule has 2 atom stereocenters. The Morgan fingerprint density at radius 1 is 1.53 bits per heavy atom. The van der Waals surface area contributed by atoms with E-state index in [2.05, 4.69) is 48.6 Å². The number of ether oxygens (including phenoxy) is 1. The van der Waals surface area contributed by atoms with Crippen molar-refractivity contribution in [3.8, 4) is 0 Å². The lowest BCUT2D eigenvalue weighted by Gasteiger charge is -2.39. The van der Waals surface area contributed by atoms with Crippen molar-refractivity contribution in [1.29, 1.82) is 0 Å². The first-order chi connectivity index (χ1) is 9.20. The molecule has 2 heterocycles. The SMILES string of the molecule is CNC(CCc1cccs1)C1CN(C(C)C)CCO1. The number of nitrogens with zero attached hydrogens (tertiary/aromatic N) is 1. The minimum Gasteiger partial charge on any atom is -0.374 e. The van der Waals surface area contributed by atoms with Gasteiger partial charge in [-0.2, -0.15) is 0 Å². The van der Waals surface area contributed by atoms with Gasteiger partial charge >= 0.3 is 0 Å². The van der Waals surface area contributed by atoms with Crippen LogP contribution in [-0.4, -0.2) is 49.8 Å². The molecule has 0 saturated carbocycles. The largest absolute Gasteiger partial charge is 0.374 e. The average molecular weight is 282 g/mol. The summed E-state index contributed by atoms with van der Waals surface area (Å²) in [6.45, 7) is 7.51. The Labute approximate surface area is 121 Å². The van der Waals surface area contributed by atoms with Crippen LogP contribution in [0.4, 0.5) is 0 Å². The monoisotopic (exact) mass is 282 g/mol. The Morgan fingerprint density at radius 3 is 3.00 bits per heavy atom. The first-order valence-electron chi connectivity index (χ1n) is 7.26. The maximum atomic E-state index is 5.98. The Balaban J connectivity index is 1.86. The smallest absolute Gasteiger partial charge is 0.0855 e. The van der Waals surface area contributed by atoms with Gasteiger partial charge < -0.3 is 10.1 Å². The molecule has 1 fully saturated rings. The summed E-state index contributed by atoms with van der Waals surface area (Å²) in [6, 6.07) is 5.41. The molecule has 108 valence electrons. The van der Waals surface area contributed by atoms with E-state index in [1.165, 1.54) is 4.88 Å². The zero-order valence-electron chi connectivity index (χ0n) is 12.3. The predicted molar refractivity (Wildman–Crippen MR) is 81.9 cm³/mol. The van der Waals surface area contributed by atoms with Gasteiger partial charge in [-0.1, -0.05) is 6.07 Å². The lowest BCUT2D eigenvalue weighted by Crippen LogP contribution is -2.53. The summed E-state index contributed by atoms with van der Waals surface area (Å²) in [4.78, 5) is 3.99. The first-order valence-corrected chi connectivity index (χ1v) is 8.14. The summed E-state index contributed by atoms with van der Waals surface area (Å²) in [5, 5.41) is 5.60. The van der Waals surface area contributed by atoms with Crippen LogP contribution in [0.5, 0.6) is 0 Å². The molecule has 0 aliphatic carbocycles. The van der Waals surface area contributed by atoms with Crippen molar-refractivity contribution >= 4 is 11.3 Å². The van der Waals surface area contributed by atoms with Crippen LogP contribution >= 0.6 is 11.3 Å². The van der Waals surface area contributed by atoms with Gasteiger partial charge in [0.1, 0.15) is 0 Å². The molecule has 1 N–H and O–H groups in total. The van der Waals surface area contributed by atoms with Crippen LogP contribution in [0.2, 0.25) is 0 Å². The molecule has 1 aromatic heterocycles. The van der Waals surface area contributed by atoms with Crippen molar-refractivity contribution < 1.29 is 4.74 Å². The average Bonchev–Trinajstić information content (AvgIpc) is 2.93. The fraction of sp³-hybridized carbons (Fsp3) is 0.733. The topological polar surface area (TPSA) is 24.5 Å². The second-order valence-corrected chi connectivity index (χ2v) is 6.54. The molecule has 1 saturated heterocycles. The number of hydrogen-bond donors (Lipinski definition) is 1. The van der Waals surface area contributed by atoms with Gasteiger partial charge in [-0.15, -0.1) is 11.3 Å². The lowest BCUT2D eigenvalue weighted by atomic mass is 10.0. The van der Waals surface area contributed by atoms with E-state index in [4.69, 9.17) is 4.74 Å². The van der Waals surface area contributed by atoms with Crippen LogP contribution in [0.25, 0.3) is 0 Å². The van der Waals surface area contributed by atoms with E-state index in [0.717, 1.165) is 32.5 Å². The van der Waals surface area contributed by atoms with Crippen LogP contribution in [0.3, 0.4) is 0 Å². The van der Waals surface area contributed by atoms with Crippen molar-refractivity contribution in [2.24, 2.45) is 0 Å². The molecule has 0 aromatic carbocycles. The van der Waals surface area contributed by atoms with Crippen LogP contribution in [-0.2, 0) is 11.2 Å². The number of hydrogen-bond acceptors (Lipinski definition) is 4. The molecule has 1 aliphatic rings. The lowest BCUT2D eigenvalue weighted by molar-refractivity contribution is -0.0553. The summed E-state index contributed by atoms with van der Waals surface area (Å²) in [5.74, 6) is 0.